The maximum atomic E-state index is 13.2. The van der Waals surface area contributed by atoms with Crippen LogP contribution >= 0.6 is 11.3 Å². The van der Waals surface area contributed by atoms with Gasteiger partial charge in [-0.1, -0.05) is 6.58 Å². The van der Waals surface area contributed by atoms with Crippen molar-refractivity contribution in [1.82, 2.24) is 15.0 Å². The van der Waals surface area contributed by atoms with Crippen molar-refractivity contribution in [3.8, 4) is 11.3 Å². The van der Waals surface area contributed by atoms with Crippen LogP contribution in [-0.2, 0) is 0 Å². The van der Waals surface area contributed by atoms with Crippen molar-refractivity contribution < 1.29 is 4.39 Å². The minimum Gasteiger partial charge on any atom is -0.404 e. The molecule has 0 saturated heterocycles. The molecule has 0 atom stereocenters. The number of pyridine rings is 2. The van der Waals surface area contributed by atoms with Gasteiger partial charge < -0.3 is 5.73 Å². The minimum absolute atomic E-state index is 0.412. The molecule has 24 heavy (non-hydrogen) atoms. The summed E-state index contributed by atoms with van der Waals surface area (Å²) in [6.45, 7) is 4.92. The molecule has 3 rings (SSSR count). The molecule has 2 N–H and O–H groups in total. The van der Waals surface area contributed by atoms with Crippen LogP contribution in [0.5, 0.6) is 0 Å². The lowest BCUT2D eigenvalue weighted by Gasteiger charge is -1.99. The average molecular weight is 338 g/mol. The van der Waals surface area contributed by atoms with Crippen LogP contribution < -0.4 is 5.73 Å². The Balaban J connectivity index is 2.03. The minimum atomic E-state index is -0.493. The summed E-state index contributed by atoms with van der Waals surface area (Å²) in [5.74, 6) is -0.493. The van der Waals surface area contributed by atoms with E-state index in [9.17, 15) is 4.39 Å². The van der Waals surface area contributed by atoms with Crippen LogP contribution in [-0.4, -0.2) is 15.0 Å². The maximum absolute atomic E-state index is 13.2. The number of fused-ring (bicyclic) bond motifs is 1. The van der Waals surface area contributed by atoms with E-state index in [-0.39, 0.29) is 0 Å². The van der Waals surface area contributed by atoms with E-state index in [0.29, 0.717) is 21.8 Å². The van der Waals surface area contributed by atoms with E-state index in [4.69, 9.17) is 5.73 Å². The summed E-state index contributed by atoms with van der Waals surface area (Å²) in [5, 5.41) is 0.684. The third kappa shape index (κ3) is 3.23. The zero-order valence-corrected chi connectivity index (χ0v) is 13.8. The van der Waals surface area contributed by atoms with Crippen LogP contribution in [0.25, 0.3) is 27.2 Å². The van der Waals surface area contributed by atoms with Gasteiger partial charge in [0, 0.05) is 29.7 Å². The number of rotatable bonds is 4. The van der Waals surface area contributed by atoms with Gasteiger partial charge in [-0.2, -0.15) is 0 Å². The van der Waals surface area contributed by atoms with Crippen molar-refractivity contribution in [2.24, 2.45) is 5.73 Å². The lowest BCUT2D eigenvalue weighted by molar-refractivity contribution is 0.656. The van der Waals surface area contributed by atoms with E-state index in [1.165, 1.54) is 17.5 Å². The van der Waals surface area contributed by atoms with Crippen molar-refractivity contribution in [1.29, 1.82) is 0 Å². The molecule has 4 nitrogen and oxygen atoms in total. The molecule has 0 radical (unpaired) electrons. The molecule has 0 aliphatic carbocycles. The Labute approximate surface area is 142 Å². The van der Waals surface area contributed by atoms with Gasteiger partial charge in [-0.3, -0.25) is 4.98 Å². The third-order valence-electron chi connectivity index (χ3n) is 3.44. The topological polar surface area (TPSA) is 64.7 Å². The van der Waals surface area contributed by atoms with Gasteiger partial charge in [-0.15, -0.1) is 11.3 Å². The monoisotopic (exact) mass is 338 g/mol. The molecular weight excluding hydrogens is 323 g/mol. The van der Waals surface area contributed by atoms with Gasteiger partial charge in [0.05, 0.1) is 10.4 Å². The Morgan fingerprint density at radius 2 is 2.12 bits per heavy atom. The van der Waals surface area contributed by atoms with E-state index in [2.05, 4.69) is 21.5 Å². The van der Waals surface area contributed by atoms with Crippen LogP contribution in [0.2, 0.25) is 0 Å². The van der Waals surface area contributed by atoms with E-state index < -0.39 is 5.83 Å². The van der Waals surface area contributed by atoms with Gasteiger partial charge in [0.25, 0.3) is 0 Å². The average Bonchev–Trinajstić information content (AvgIpc) is 3.02. The van der Waals surface area contributed by atoms with E-state index in [1.807, 2.05) is 24.3 Å². The lowest BCUT2D eigenvalue weighted by Crippen LogP contribution is -1.89. The molecule has 6 heteroatoms. The molecule has 0 bridgehead atoms. The number of nitrogens with zero attached hydrogens (tertiary/aromatic N) is 3. The van der Waals surface area contributed by atoms with Crippen LogP contribution in [0.3, 0.4) is 0 Å². The summed E-state index contributed by atoms with van der Waals surface area (Å²) in [5.41, 5.74) is 9.07. The molecule has 0 aromatic carbocycles. The first-order valence-corrected chi connectivity index (χ1v) is 8.03. The van der Waals surface area contributed by atoms with Gasteiger partial charge in [0.2, 0.25) is 0 Å². The molecule has 120 valence electrons. The van der Waals surface area contributed by atoms with Crippen molar-refractivity contribution in [2.45, 2.75) is 6.92 Å². The van der Waals surface area contributed by atoms with Crippen molar-refractivity contribution in [3.63, 3.8) is 0 Å². The van der Waals surface area contributed by atoms with Crippen LogP contribution in [0.1, 0.15) is 11.9 Å². The first-order valence-electron chi connectivity index (χ1n) is 7.22. The van der Waals surface area contributed by atoms with E-state index >= 15 is 0 Å². The first-order chi connectivity index (χ1) is 11.6. The molecule has 0 saturated carbocycles. The highest BCUT2D eigenvalue weighted by Gasteiger charge is 2.10. The van der Waals surface area contributed by atoms with Crippen LogP contribution in [0.15, 0.2) is 66.9 Å². The summed E-state index contributed by atoms with van der Waals surface area (Å²) < 4.78 is 14.1. The first kappa shape index (κ1) is 16.0. The van der Waals surface area contributed by atoms with Crippen molar-refractivity contribution >= 4 is 27.3 Å². The molecule has 0 aliphatic rings. The molecule has 0 unspecified atom stereocenters. The molecular formula is C18H15FN4S. The number of hydrogen-bond donors (Lipinski definition) is 1. The van der Waals surface area contributed by atoms with Gasteiger partial charge in [-0.05, 0) is 42.8 Å². The molecule has 0 aliphatic heterocycles. The molecule has 3 aromatic rings. The predicted molar refractivity (Wildman–Crippen MR) is 96.8 cm³/mol. The Hall–Kier alpha value is -2.86. The number of hydrogen-bond acceptors (Lipinski definition) is 5. The van der Waals surface area contributed by atoms with Crippen molar-refractivity contribution in [2.75, 3.05) is 0 Å². The second-order valence-corrected chi connectivity index (χ2v) is 6.16. The quantitative estimate of drug-likeness (QED) is 0.712. The van der Waals surface area contributed by atoms with E-state index in [0.717, 1.165) is 16.0 Å². The number of thiazole rings is 1. The highest BCUT2D eigenvalue weighted by molar-refractivity contribution is 7.19. The predicted octanol–water partition coefficient (Wildman–Crippen LogP) is 4.48. The maximum Gasteiger partial charge on any atom is 0.171 e. The van der Waals surface area contributed by atoms with Gasteiger partial charge in [-0.25, -0.2) is 14.4 Å². The number of allylic oxidation sites excluding steroid dienone is 4. The summed E-state index contributed by atoms with van der Waals surface area (Å²) in [4.78, 5) is 13.2. The highest BCUT2D eigenvalue weighted by atomic mass is 32.1. The lowest BCUT2D eigenvalue weighted by atomic mass is 10.2. The van der Waals surface area contributed by atoms with Gasteiger partial charge in [0.1, 0.15) is 10.8 Å². The summed E-state index contributed by atoms with van der Waals surface area (Å²) in [7, 11) is 0. The SMILES string of the molecule is C=C(F)/C(C)=C\C(=C/N)c1nc2nc(-c3cccnc3)ccc2s1. The second kappa shape index (κ2) is 6.72. The Kier molecular flexibility index (Phi) is 4.48. The van der Waals surface area contributed by atoms with E-state index in [1.54, 1.807) is 25.4 Å². The number of nitrogens with two attached hydrogens (primary N) is 1. The van der Waals surface area contributed by atoms with Gasteiger partial charge in [0.15, 0.2) is 5.65 Å². The molecule has 0 fully saturated rings. The van der Waals surface area contributed by atoms with Gasteiger partial charge >= 0.3 is 0 Å². The molecule has 3 aromatic heterocycles. The molecule has 0 spiro atoms. The fraction of sp³-hybridized carbons (Fsp3) is 0.0556. The zero-order chi connectivity index (χ0) is 17.1. The fourth-order valence-electron chi connectivity index (χ4n) is 2.11. The molecule has 3 heterocycles. The summed E-state index contributed by atoms with van der Waals surface area (Å²) in [6, 6.07) is 7.70. The van der Waals surface area contributed by atoms with Crippen LogP contribution in [0.4, 0.5) is 4.39 Å². The second-order valence-electron chi connectivity index (χ2n) is 5.13. The Morgan fingerprint density at radius 3 is 2.79 bits per heavy atom. The zero-order valence-electron chi connectivity index (χ0n) is 13.0. The largest absolute Gasteiger partial charge is 0.404 e. The van der Waals surface area contributed by atoms with Crippen LogP contribution in [0, 0.1) is 0 Å². The third-order valence-corrected chi connectivity index (χ3v) is 4.50. The number of halogens is 1. The molecule has 0 amide bonds. The standard InChI is InChI=1S/C18H15FN4S/c1-11(12(2)19)8-14(9-20)18-23-17-16(24-18)6-5-15(22-17)13-4-3-7-21-10-13/h3-10H,2,20H2,1H3/b11-8-,14-9+. The Bertz CT molecular complexity index is 958. The van der Waals surface area contributed by atoms with Crippen molar-refractivity contribution in [3.05, 3.63) is 71.9 Å². The fourth-order valence-corrected chi connectivity index (χ4v) is 3.01. The Morgan fingerprint density at radius 1 is 1.29 bits per heavy atom. The number of aromatic nitrogens is 3. The summed E-state index contributed by atoms with van der Waals surface area (Å²) >= 11 is 1.45. The highest BCUT2D eigenvalue weighted by Crippen LogP contribution is 2.29. The normalized spacial score (nSPS) is 12.6. The smallest absolute Gasteiger partial charge is 0.171 e. The summed E-state index contributed by atoms with van der Waals surface area (Å²) in [6.07, 6.45) is 6.51.